The second kappa shape index (κ2) is 4.86. The van der Waals surface area contributed by atoms with Gasteiger partial charge in [-0.1, -0.05) is 19.3 Å². The Bertz CT molecular complexity index is 227. The minimum absolute atomic E-state index is 0.541. The summed E-state index contributed by atoms with van der Waals surface area (Å²) in [5, 5.41) is 0. The highest BCUT2D eigenvalue weighted by atomic mass is 15.2. The number of nitrogens with two attached hydrogens (primary N) is 1. The van der Waals surface area contributed by atoms with Gasteiger partial charge in [-0.05, 0) is 31.6 Å². The van der Waals surface area contributed by atoms with Gasteiger partial charge in [-0.2, -0.15) is 0 Å². The van der Waals surface area contributed by atoms with Crippen molar-refractivity contribution in [1.29, 1.82) is 0 Å². The van der Waals surface area contributed by atoms with Crippen molar-refractivity contribution in [3.63, 3.8) is 0 Å². The summed E-state index contributed by atoms with van der Waals surface area (Å²) >= 11 is 0. The molecule has 15 heavy (non-hydrogen) atoms. The number of rotatable bonds is 3. The lowest BCUT2D eigenvalue weighted by Crippen LogP contribution is -2.38. The number of aliphatic imine (C=N–C) groups is 1. The second-order valence-electron chi connectivity index (χ2n) is 5.10. The topological polar surface area (TPSA) is 41.6 Å². The Morgan fingerprint density at radius 2 is 1.87 bits per heavy atom. The lowest BCUT2D eigenvalue weighted by atomic mass is 9.89. The molecule has 0 radical (unpaired) electrons. The summed E-state index contributed by atoms with van der Waals surface area (Å²) in [7, 11) is 2.08. The van der Waals surface area contributed by atoms with Crippen molar-refractivity contribution in [2.75, 3.05) is 13.6 Å². The zero-order valence-corrected chi connectivity index (χ0v) is 9.78. The van der Waals surface area contributed by atoms with Crippen LogP contribution in [-0.4, -0.2) is 30.5 Å². The molecule has 0 heterocycles. The summed E-state index contributed by atoms with van der Waals surface area (Å²) in [4.78, 5) is 6.62. The normalized spacial score (nSPS) is 24.2. The number of hydrogen-bond acceptors (Lipinski definition) is 1. The van der Waals surface area contributed by atoms with E-state index in [1.165, 1.54) is 44.9 Å². The summed E-state index contributed by atoms with van der Waals surface area (Å²) in [6, 6.07) is 0.541. The van der Waals surface area contributed by atoms with Gasteiger partial charge in [0.15, 0.2) is 5.96 Å². The maximum absolute atomic E-state index is 5.95. The Morgan fingerprint density at radius 3 is 2.47 bits per heavy atom. The molecule has 2 aliphatic rings. The van der Waals surface area contributed by atoms with E-state index in [9.17, 15) is 0 Å². The zero-order valence-electron chi connectivity index (χ0n) is 9.78. The van der Waals surface area contributed by atoms with Crippen LogP contribution < -0.4 is 5.73 Å². The molecule has 0 atom stereocenters. The van der Waals surface area contributed by atoms with Gasteiger partial charge in [0.25, 0.3) is 0 Å². The van der Waals surface area contributed by atoms with Crippen LogP contribution in [0.1, 0.15) is 44.9 Å². The summed E-state index contributed by atoms with van der Waals surface area (Å²) in [5.74, 6) is 1.60. The lowest BCUT2D eigenvalue weighted by molar-refractivity contribution is 0.294. The van der Waals surface area contributed by atoms with Crippen LogP contribution in [0.3, 0.4) is 0 Å². The van der Waals surface area contributed by atoms with Crippen LogP contribution in [0.25, 0.3) is 0 Å². The molecule has 0 unspecified atom stereocenters. The van der Waals surface area contributed by atoms with Crippen LogP contribution in [0.15, 0.2) is 4.99 Å². The quantitative estimate of drug-likeness (QED) is 0.570. The number of nitrogens with zero attached hydrogens (tertiary/aromatic N) is 2. The van der Waals surface area contributed by atoms with Crippen molar-refractivity contribution in [1.82, 2.24) is 4.90 Å². The highest BCUT2D eigenvalue weighted by molar-refractivity contribution is 5.78. The van der Waals surface area contributed by atoms with Crippen LogP contribution in [0.4, 0.5) is 0 Å². The first-order valence-corrected chi connectivity index (χ1v) is 6.30. The summed E-state index contributed by atoms with van der Waals surface area (Å²) in [6.07, 6.45) is 9.44. The van der Waals surface area contributed by atoms with E-state index in [1.807, 2.05) is 0 Å². The molecule has 2 aliphatic carbocycles. The molecule has 0 aromatic heterocycles. The third kappa shape index (κ3) is 3.40. The fourth-order valence-corrected chi connectivity index (χ4v) is 2.34. The molecule has 0 aromatic carbocycles. The van der Waals surface area contributed by atoms with Crippen molar-refractivity contribution >= 4 is 5.96 Å². The molecule has 86 valence electrons. The molecule has 0 spiro atoms. The van der Waals surface area contributed by atoms with Gasteiger partial charge >= 0.3 is 0 Å². The maximum Gasteiger partial charge on any atom is 0.191 e. The van der Waals surface area contributed by atoms with Crippen molar-refractivity contribution in [3.05, 3.63) is 0 Å². The Labute approximate surface area is 92.7 Å². The van der Waals surface area contributed by atoms with E-state index in [0.29, 0.717) is 6.04 Å². The molecular formula is C12H23N3. The second-order valence-corrected chi connectivity index (χ2v) is 5.10. The summed E-state index contributed by atoms with van der Waals surface area (Å²) in [6.45, 7) is 1.10. The summed E-state index contributed by atoms with van der Waals surface area (Å²) < 4.78 is 0. The predicted molar refractivity (Wildman–Crippen MR) is 63.8 cm³/mol. The fraction of sp³-hybridized carbons (Fsp3) is 0.917. The van der Waals surface area contributed by atoms with E-state index in [-0.39, 0.29) is 0 Å². The smallest absolute Gasteiger partial charge is 0.191 e. The Hall–Kier alpha value is -0.730. The molecule has 0 bridgehead atoms. The number of hydrogen-bond donors (Lipinski definition) is 1. The van der Waals surface area contributed by atoms with Gasteiger partial charge < -0.3 is 10.6 Å². The Balaban J connectivity index is 1.76. The molecule has 0 saturated heterocycles. The van der Waals surface area contributed by atoms with E-state index in [0.717, 1.165) is 18.4 Å². The molecule has 0 amide bonds. The first kappa shape index (κ1) is 10.8. The standard InChI is InChI=1S/C12H23N3/c1-15(12(13)14-11-7-8-11)9-10-5-3-2-4-6-10/h10-11H,2-9H2,1H3,(H2,13,14). The van der Waals surface area contributed by atoms with Crippen LogP contribution in [-0.2, 0) is 0 Å². The van der Waals surface area contributed by atoms with E-state index >= 15 is 0 Å². The highest BCUT2D eigenvalue weighted by Crippen LogP contribution is 2.25. The van der Waals surface area contributed by atoms with Gasteiger partial charge in [-0.25, -0.2) is 4.99 Å². The summed E-state index contributed by atoms with van der Waals surface area (Å²) in [5.41, 5.74) is 5.95. The zero-order chi connectivity index (χ0) is 10.7. The average molecular weight is 209 g/mol. The van der Waals surface area contributed by atoms with Crippen molar-refractivity contribution in [2.24, 2.45) is 16.6 Å². The molecule has 0 aliphatic heterocycles. The molecule has 2 rings (SSSR count). The van der Waals surface area contributed by atoms with Crippen molar-refractivity contribution in [2.45, 2.75) is 51.0 Å². The number of guanidine groups is 1. The van der Waals surface area contributed by atoms with E-state index < -0.39 is 0 Å². The van der Waals surface area contributed by atoms with Crippen LogP contribution in [0.2, 0.25) is 0 Å². The average Bonchev–Trinajstić information content (AvgIpc) is 3.03. The van der Waals surface area contributed by atoms with E-state index in [1.54, 1.807) is 0 Å². The third-order valence-corrected chi connectivity index (χ3v) is 3.51. The van der Waals surface area contributed by atoms with Gasteiger partial charge in [0.1, 0.15) is 0 Å². The van der Waals surface area contributed by atoms with Crippen LogP contribution in [0, 0.1) is 5.92 Å². The largest absolute Gasteiger partial charge is 0.370 e. The monoisotopic (exact) mass is 209 g/mol. The third-order valence-electron chi connectivity index (χ3n) is 3.51. The Kier molecular flexibility index (Phi) is 3.49. The molecule has 2 saturated carbocycles. The maximum atomic E-state index is 5.95. The molecule has 0 aromatic rings. The lowest BCUT2D eigenvalue weighted by Gasteiger charge is -2.27. The van der Waals surface area contributed by atoms with Gasteiger partial charge in [-0.15, -0.1) is 0 Å². The predicted octanol–water partition coefficient (Wildman–Crippen LogP) is 1.98. The SMILES string of the molecule is CN(CC1CCCCC1)C(N)=NC1CC1. The molecular weight excluding hydrogens is 186 g/mol. The van der Waals surface area contributed by atoms with Gasteiger partial charge in [0, 0.05) is 13.6 Å². The van der Waals surface area contributed by atoms with Gasteiger partial charge in [0.2, 0.25) is 0 Å². The van der Waals surface area contributed by atoms with Crippen molar-refractivity contribution in [3.8, 4) is 0 Å². The van der Waals surface area contributed by atoms with Crippen LogP contribution >= 0.6 is 0 Å². The first-order valence-electron chi connectivity index (χ1n) is 6.30. The van der Waals surface area contributed by atoms with Crippen molar-refractivity contribution < 1.29 is 0 Å². The molecule has 2 N–H and O–H groups in total. The molecule has 2 fully saturated rings. The van der Waals surface area contributed by atoms with Gasteiger partial charge in [-0.3, -0.25) is 0 Å². The van der Waals surface area contributed by atoms with E-state index in [2.05, 4.69) is 16.9 Å². The van der Waals surface area contributed by atoms with Gasteiger partial charge in [0.05, 0.1) is 6.04 Å². The minimum atomic E-state index is 0.541. The molecule has 3 heteroatoms. The molecule has 3 nitrogen and oxygen atoms in total. The van der Waals surface area contributed by atoms with E-state index in [4.69, 9.17) is 5.73 Å². The highest BCUT2D eigenvalue weighted by Gasteiger charge is 2.22. The minimum Gasteiger partial charge on any atom is -0.370 e. The fourth-order valence-electron chi connectivity index (χ4n) is 2.34. The first-order chi connectivity index (χ1) is 7.25. The van der Waals surface area contributed by atoms with Crippen LogP contribution in [0.5, 0.6) is 0 Å². The Morgan fingerprint density at radius 1 is 1.20 bits per heavy atom.